The topological polar surface area (TPSA) is 97.2 Å². The fraction of sp³-hybridized carbons (Fsp3) is 0.348. The van der Waals surface area contributed by atoms with E-state index in [1.165, 1.54) is 28.6 Å². The van der Waals surface area contributed by atoms with Gasteiger partial charge in [0.25, 0.3) is 5.91 Å². The van der Waals surface area contributed by atoms with Gasteiger partial charge in [0.2, 0.25) is 10.0 Å². The third-order valence-electron chi connectivity index (χ3n) is 5.82. The van der Waals surface area contributed by atoms with E-state index in [0.29, 0.717) is 17.2 Å². The summed E-state index contributed by atoms with van der Waals surface area (Å²) in [5.74, 6) is 0.717. The fourth-order valence-electron chi connectivity index (χ4n) is 4.02. The van der Waals surface area contributed by atoms with Crippen LogP contribution in [0.1, 0.15) is 48.2 Å². The highest BCUT2D eigenvalue weighted by molar-refractivity contribution is 7.89. The minimum Gasteiger partial charge on any atom is -0.306 e. The monoisotopic (exact) mass is 453 g/mol. The molecule has 1 aliphatic rings. The quantitative estimate of drug-likeness (QED) is 0.613. The SMILES string of the molecule is Cc1cc(NC(=O)c2ccc(S(=O)(=O)N(C)C3CCCCC3)cc2)n(-c2ccccn2)n1. The second-order valence-electron chi connectivity index (χ2n) is 8.06. The van der Waals surface area contributed by atoms with Crippen LogP contribution < -0.4 is 5.32 Å². The number of aryl methyl sites for hydroxylation is 1. The number of nitrogens with zero attached hydrogens (tertiary/aromatic N) is 4. The fourth-order valence-corrected chi connectivity index (χ4v) is 5.43. The van der Waals surface area contributed by atoms with Gasteiger partial charge in [-0.15, -0.1) is 0 Å². The highest BCUT2D eigenvalue weighted by Crippen LogP contribution is 2.26. The summed E-state index contributed by atoms with van der Waals surface area (Å²) in [6, 6.07) is 13.3. The van der Waals surface area contributed by atoms with Gasteiger partial charge in [-0.25, -0.2) is 13.4 Å². The van der Waals surface area contributed by atoms with Crippen molar-refractivity contribution in [1.29, 1.82) is 0 Å². The highest BCUT2D eigenvalue weighted by atomic mass is 32.2. The van der Waals surface area contributed by atoms with Crippen molar-refractivity contribution in [1.82, 2.24) is 19.1 Å². The van der Waals surface area contributed by atoms with Gasteiger partial charge < -0.3 is 5.32 Å². The van der Waals surface area contributed by atoms with Gasteiger partial charge in [-0.2, -0.15) is 14.1 Å². The van der Waals surface area contributed by atoms with E-state index < -0.39 is 10.0 Å². The van der Waals surface area contributed by atoms with Gasteiger partial charge in [0.15, 0.2) is 5.82 Å². The summed E-state index contributed by atoms with van der Waals surface area (Å²) in [5, 5.41) is 7.23. The Labute approximate surface area is 188 Å². The van der Waals surface area contributed by atoms with Crippen LogP contribution in [0.3, 0.4) is 0 Å². The van der Waals surface area contributed by atoms with Crippen LogP contribution in [0.4, 0.5) is 5.82 Å². The molecule has 1 saturated carbocycles. The molecule has 2 aromatic heterocycles. The zero-order chi connectivity index (χ0) is 22.7. The molecule has 9 heteroatoms. The second kappa shape index (κ2) is 9.22. The van der Waals surface area contributed by atoms with E-state index in [-0.39, 0.29) is 16.8 Å². The van der Waals surface area contributed by atoms with Gasteiger partial charge in [-0.05, 0) is 56.2 Å². The van der Waals surface area contributed by atoms with Crippen molar-refractivity contribution in [3.8, 4) is 5.82 Å². The number of carbonyl (C=O) groups excluding carboxylic acids is 1. The highest BCUT2D eigenvalue weighted by Gasteiger charge is 2.29. The summed E-state index contributed by atoms with van der Waals surface area (Å²) in [6.45, 7) is 1.83. The zero-order valence-electron chi connectivity index (χ0n) is 18.2. The number of aromatic nitrogens is 3. The Kier molecular flexibility index (Phi) is 6.38. The Bertz CT molecular complexity index is 1180. The molecule has 0 spiro atoms. The van der Waals surface area contributed by atoms with Crippen LogP contribution in [0.5, 0.6) is 0 Å². The molecule has 1 N–H and O–H groups in total. The molecule has 1 fully saturated rings. The summed E-state index contributed by atoms with van der Waals surface area (Å²) in [4.78, 5) is 17.3. The first-order valence-corrected chi connectivity index (χ1v) is 12.2. The summed E-state index contributed by atoms with van der Waals surface area (Å²) in [5.41, 5.74) is 1.09. The first-order valence-electron chi connectivity index (χ1n) is 10.7. The molecule has 0 unspecified atom stereocenters. The summed E-state index contributed by atoms with van der Waals surface area (Å²) >= 11 is 0. The number of amides is 1. The molecule has 1 amide bonds. The Morgan fingerprint density at radius 3 is 2.47 bits per heavy atom. The molecule has 1 aliphatic carbocycles. The number of nitrogens with one attached hydrogen (secondary N) is 1. The van der Waals surface area contributed by atoms with Crippen molar-refractivity contribution in [3.63, 3.8) is 0 Å². The lowest BCUT2D eigenvalue weighted by atomic mass is 9.96. The van der Waals surface area contributed by atoms with Crippen molar-refractivity contribution in [2.75, 3.05) is 12.4 Å². The Morgan fingerprint density at radius 1 is 1.09 bits per heavy atom. The van der Waals surface area contributed by atoms with E-state index in [0.717, 1.165) is 37.8 Å². The molecule has 32 heavy (non-hydrogen) atoms. The molecule has 168 valence electrons. The number of rotatable bonds is 6. The van der Waals surface area contributed by atoms with Crippen LogP contribution in [-0.4, -0.2) is 46.5 Å². The number of pyridine rings is 1. The maximum absolute atomic E-state index is 13.0. The van der Waals surface area contributed by atoms with E-state index in [1.807, 2.05) is 13.0 Å². The maximum atomic E-state index is 13.0. The average molecular weight is 454 g/mol. The molecule has 4 rings (SSSR count). The first-order chi connectivity index (χ1) is 15.4. The van der Waals surface area contributed by atoms with Crippen LogP contribution in [0.15, 0.2) is 59.6 Å². The largest absolute Gasteiger partial charge is 0.306 e. The molecule has 0 saturated heterocycles. The number of sulfonamides is 1. The molecule has 0 aliphatic heterocycles. The Balaban J connectivity index is 1.51. The van der Waals surface area contributed by atoms with Gasteiger partial charge in [0.1, 0.15) is 5.82 Å². The summed E-state index contributed by atoms with van der Waals surface area (Å²) in [7, 11) is -1.95. The summed E-state index contributed by atoms with van der Waals surface area (Å²) in [6.07, 6.45) is 6.70. The normalized spacial score (nSPS) is 15.1. The minimum absolute atomic E-state index is 0.0341. The molecule has 0 atom stereocenters. The van der Waals surface area contributed by atoms with E-state index in [2.05, 4.69) is 15.4 Å². The predicted molar refractivity (Wildman–Crippen MR) is 122 cm³/mol. The van der Waals surface area contributed by atoms with Crippen molar-refractivity contribution in [2.24, 2.45) is 0 Å². The second-order valence-corrected chi connectivity index (χ2v) is 10.1. The smallest absolute Gasteiger partial charge is 0.256 e. The third-order valence-corrected chi connectivity index (χ3v) is 7.75. The lowest BCUT2D eigenvalue weighted by Crippen LogP contribution is -2.38. The number of hydrogen-bond donors (Lipinski definition) is 1. The molecule has 1 aromatic carbocycles. The number of benzene rings is 1. The molecule has 2 heterocycles. The zero-order valence-corrected chi connectivity index (χ0v) is 19.0. The first kappa shape index (κ1) is 22.2. The maximum Gasteiger partial charge on any atom is 0.256 e. The molecule has 0 radical (unpaired) electrons. The molecule has 3 aromatic rings. The standard InChI is InChI=1S/C23H27N5O3S/c1-17-16-22(28(26-17)21-10-6-7-15-24-21)25-23(29)18-11-13-20(14-12-18)32(30,31)27(2)19-8-4-3-5-9-19/h6-7,10-16,19H,3-5,8-9H2,1-2H3,(H,25,29). The van der Waals surface area contributed by atoms with Crippen molar-refractivity contribution in [3.05, 3.63) is 66.0 Å². The molecule has 0 bridgehead atoms. The van der Waals surface area contributed by atoms with Gasteiger partial charge in [-0.1, -0.05) is 25.3 Å². The molecular formula is C23H27N5O3S. The van der Waals surface area contributed by atoms with Gasteiger partial charge in [-0.3, -0.25) is 4.79 Å². The third kappa shape index (κ3) is 4.58. The van der Waals surface area contributed by atoms with Crippen molar-refractivity contribution < 1.29 is 13.2 Å². The van der Waals surface area contributed by atoms with Crippen LogP contribution in [-0.2, 0) is 10.0 Å². The van der Waals surface area contributed by atoms with Crippen LogP contribution >= 0.6 is 0 Å². The van der Waals surface area contributed by atoms with E-state index in [1.54, 1.807) is 36.1 Å². The van der Waals surface area contributed by atoms with E-state index >= 15 is 0 Å². The lowest BCUT2D eigenvalue weighted by molar-refractivity contribution is 0.102. The lowest BCUT2D eigenvalue weighted by Gasteiger charge is -2.30. The van der Waals surface area contributed by atoms with Crippen molar-refractivity contribution in [2.45, 2.75) is 50.0 Å². The van der Waals surface area contributed by atoms with Gasteiger partial charge in [0, 0.05) is 30.9 Å². The molecule has 8 nitrogen and oxygen atoms in total. The predicted octanol–water partition coefficient (Wildman–Crippen LogP) is 3.78. The minimum atomic E-state index is -3.60. The number of carbonyl (C=O) groups is 1. The van der Waals surface area contributed by atoms with Gasteiger partial charge >= 0.3 is 0 Å². The van der Waals surface area contributed by atoms with Gasteiger partial charge in [0.05, 0.1) is 10.6 Å². The Morgan fingerprint density at radius 2 is 1.81 bits per heavy atom. The molecular weight excluding hydrogens is 426 g/mol. The van der Waals surface area contributed by atoms with Crippen LogP contribution in [0, 0.1) is 6.92 Å². The average Bonchev–Trinajstić information content (AvgIpc) is 3.19. The number of hydrogen-bond acceptors (Lipinski definition) is 5. The van der Waals surface area contributed by atoms with Crippen LogP contribution in [0.2, 0.25) is 0 Å². The van der Waals surface area contributed by atoms with E-state index in [4.69, 9.17) is 0 Å². The van der Waals surface area contributed by atoms with Crippen molar-refractivity contribution >= 4 is 21.7 Å². The van der Waals surface area contributed by atoms with Crippen LogP contribution in [0.25, 0.3) is 5.82 Å². The van der Waals surface area contributed by atoms with E-state index in [9.17, 15) is 13.2 Å². The Hall–Kier alpha value is -3.04. The number of anilines is 1. The summed E-state index contributed by atoms with van der Waals surface area (Å²) < 4.78 is 29.1.